The molecular formula is C17H14FN3O3. The Morgan fingerprint density at radius 3 is 2.46 bits per heavy atom. The Balaban J connectivity index is 1.54. The molecule has 0 bridgehead atoms. The van der Waals surface area contributed by atoms with Gasteiger partial charge in [-0.1, -0.05) is 0 Å². The number of ether oxygens (including phenoxy) is 1. The third kappa shape index (κ3) is 3.95. The average Bonchev–Trinajstić information content (AvgIpc) is 3.02. The molecule has 0 spiro atoms. The first kappa shape index (κ1) is 15.7. The van der Waals surface area contributed by atoms with Gasteiger partial charge >= 0.3 is 0 Å². The van der Waals surface area contributed by atoms with Gasteiger partial charge in [0.05, 0.1) is 0 Å². The predicted octanol–water partition coefficient (Wildman–Crippen LogP) is 3.20. The van der Waals surface area contributed by atoms with Crippen LogP contribution < -0.4 is 10.1 Å². The Morgan fingerprint density at radius 2 is 1.83 bits per heavy atom. The van der Waals surface area contributed by atoms with E-state index in [2.05, 4.69) is 15.5 Å². The normalized spacial score (nSPS) is 10.4. The van der Waals surface area contributed by atoms with Gasteiger partial charge in [0, 0.05) is 18.2 Å². The summed E-state index contributed by atoms with van der Waals surface area (Å²) in [6.45, 7) is 1.56. The third-order valence-corrected chi connectivity index (χ3v) is 3.13. The molecule has 1 heterocycles. The summed E-state index contributed by atoms with van der Waals surface area (Å²) in [6.07, 6.45) is 0. The average molecular weight is 327 g/mol. The number of hydrogen-bond donors (Lipinski definition) is 1. The van der Waals surface area contributed by atoms with Gasteiger partial charge in [-0.3, -0.25) is 4.79 Å². The van der Waals surface area contributed by atoms with Crippen LogP contribution in [-0.2, 0) is 4.79 Å². The summed E-state index contributed by atoms with van der Waals surface area (Å²) < 4.78 is 23.5. The molecule has 1 amide bonds. The molecule has 0 aliphatic carbocycles. The van der Waals surface area contributed by atoms with E-state index < -0.39 is 0 Å². The Bertz CT molecular complexity index is 829. The van der Waals surface area contributed by atoms with Crippen molar-refractivity contribution in [2.75, 3.05) is 11.9 Å². The minimum absolute atomic E-state index is 0.156. The second kappa shape index (κ2) is 6.91. The summed E-state index contributed by atoms with van der Waals surface area (Å²) >= 11 is 0. The van der Waals surface area contributed by atoms with Crippen molar-refractivity contribution < 1.29 is 18.3 Å². The number of aromatic nitrogens is 2. The molecular weight excluding hydrogens is 313 g/mol. The number of anilines is 1. The lowest BCUT2D eigenvalue weighted by Crippen LogP contribution is -2.20. The minimum Gasteiger partial charge on any atom is -0.484 e. The molecule has 0 unspecified atom stereocenters. The number of rotatable bonds is 5. The van der Waals surface area contributed by atoms with Gasteiger partial charge in [0.15, 0.2) is 6.61 Å². The number of amides is 1. The van der Waals surface area contributed by atoms with Crippen molar-refractivity contribution in [2.45, 2.75) is 6.92 Å². The van der Waals surface area contributed by atoms with Crippen molar-refractivity contribution in [3.05, 3.63) is 60.2 Å². The van der Waals surface area contributed by atoms with E-state index >= 15 is 0 Å². The quantitative estimate of drug-likeness (QED) is 0.778. The number of nitrogens with one attached hydrogen (secondary N) is 1. The minimum atomic E-state index is -0.360. The Kier molecular flexibility index (Phi) is 4.51. The van der Waals surface area contributed by atoms with E-state index in [9.17, 15) is 9.18 Å². The van der Waals surface area contributed by atoms with Gasteiger partial charge in [0.25, 0.3) is 5.91 Å². The van der Waals surface area contributed by atoms with Crippen molar-refractivity contribution in [2.24, 2.45) is 0 Å². The molecule has 0 fully saturated rings. The second-order valence-electron chi connectivity index (χ2n) is 4.99. The molecule has 0 aliphatic heterocycles. The fraction of sp³-hybridized carbons (Fsp3) is 0.118. The van der Waals surface area contributed by atoms with Gasteiger partial charge in [0.1, 0.15) is 11.6 Å². The lowest BCUT2D eigenvalue weighted by Gasteiger charge is -2.07. The van der Waals surface area contributed by atoms with Crippen LogP contribution in [0, 0.1) is 12.7 Å². The van der Waals surface area contributed by atoms with Crippen molar-refractivity contribution in [3.8, 4) is 17.2 Å². The van der Waals surface area contributed by atoms with Gasteiger partial charge in [-0.05, 0) is 48.5 Å². The van der Waals surface area contributed by atoms with Crippen LogP contribution in [0.5, 0.6) is 5.75 Å². The summed E-state index contributed by atoms with van der Waals surface area (Å²) in [5, 5.41) is 10.3. The van der Waals surface area contributed by atoms with Gasteiger partial charge in [-0.25, -0.2) is 4.39 Å². The first-order valence-corrected chi connectivity index (χ1v) is 7.19. The number of carbonyl (C=O) groups excluding carboxylic acids is 1. The number of benzene rings is 2. The zero-order chi connectivity index (χ0) is 16.9. The Morgan fingerprint density at radius 1 is 1.12 bits per heavy atom. The Hall–Kier alpha value is -3.22. The smallest absolute Gasteiger partial charge is 0.262 e. The van der Waals surface area contributed by atoms with Gasteiger partial charge in [-0.2, -0.15) is 0 Å². The summed E-state index contributed by atoms with van der Waals surface area (Å²) in [7, 11) is 0. The molecule has 0 saturated heterocycles. The molecule has 7 heteroatoms. The van der Waals surface area contributed by atoms with Crippen molar-refractivity contribution in [1.82, 2.24) is 10.2 Å². The van der Waals surface area contributed by atoms with E-state index in [1.54, 1.807) is 31.2 Å². The first-order chi connectivity index (χ1) is 11.6. The highest BCUT2D eigenvalue weighted by Crippen LogP contribution is 2.21. The molecule has 6 nitrogen and oxygen atoms in total. The number of hydrogen-bond acceptors (Lipinski definition) is 5. The summed E-state index contributed by atoms with van der Waals surface area (Å²) in [5.74, 6) is 0.749. The predicted molar refractivity (Wildman–Crippen MR) is 85.0 cm³/mol. The standard InChI is InChI=1S/C17H14FN3O3/c1-11-20-21-17(24-11)12-2-8-15(9-3-12)23-10-16(22)19-14-6-4-13(18)5-7-14/h2-9H,10H2,1H3,(H,19,22). The lowest BCUT2D eigenvalue weighted by atomic mass is 10.2. The fourth-order valence-corrected chi connectivity index (χ4v) is 1.99. The number of aryl methyl sites for hydroxylation is 1. The van der Waals surface area contributed by atoms with Crippen LogP contribution in [0.1, 0.15) is 5.89 Å². The highest BCUT2D eigenvalue weighted by atomic mass is 19.1. The highest BCUT2D eigenvalue weighted by Gasteiger charge is 2.07. The third-order valence-electron chi connectivity index (χ3n) is 3.13. The van der Waals surface area contributed by atoms with Crippen LogP contribution >= 0.6 is 0 Å². The van der Waals surface area contributed by atoms with Crippen LogP contribution in [0.4, 0.5) is 10.1 Å². The van der Waals surface area contributed by atoms with E-state index in [0.29, 0.717) is 23.2 Å². The van der Waals surface area contributed by atoms with Crippen molar-refractivity contribution in [3.63, 3.8) is 0 Å². The van der Waals surface area contributed by atoms with Crippen LogP contribution in [0.2, 0.25) is 0 Å². The molecule has 0 saturated carbocycles. The van der Waals surface area contributed by atoms with Crippen LogP contribution in [0.15, 0.2) is 52.9 Å². The topological polar surface area (TPSA) is 77.2 Å². The van der Waals surface area contributed by atoms with Gasteiger partial charge in [0.2, 0.25) is 11.8 Å². The molecule has 122 valence electrons. The maximum absolute atomic E-state index is 12.8. The fourth-order valence-electron chi connectivity index (χ4n) is 1.99. The van der Waals surface area contributed by atoms with Gasteiger partial charge in [-0.15, -0.1) is 10.2 Å². The molecule has 0 aliphatic rings. The van der Waals surface area contributed by atoms with E-state index in [0.717, 1.165) is 5.56 Å². The van der Waals surface area contributed by atoms with Gasteiger partial charge < -0.3 is 14.5 Å². The molecule has 24 heavy (non-hydrogen) atoms. The summed E-state index contributed by atoms with van der Waals surface area (Å²) in [4.78, 5) is 11.8. The first-order valence-electron chi connectivity index (χ1n) is 7.19. The zero-order valence-electron chi connectivity index (χ0n) is 12.8. The summed E-state index contributed by atoms with van der Waals surface area (Å²) in [5.41, 5.74) is 1.27. The van der Waals surface area contributed by atoms with Crippen LogP contribution in [-0.4, -0.2) is 22.7 Å². The Labute approximate surface area is 137 Å². The van der Waals surface area contributed by atoms with Crippen molar-refractivity contribution >= 4 is 11.6 Å². The molecule has 2 aromatic carbocycles. The van der Waals surface area contributed by atoms with Crippen LogP contribution in [0.25, 0.3) is 11.5 Å². The zero-order valence-corrected chi connectivity index (χ0v) is 12.8. The summed E-state index contributed by atoms with van der Waals surface area (Å²) in [6, 6.07) is 12.5. The SMILES string of the molecule is Cc1nnc(-c2ccc(OCC(=O)Nc3ccc(F)cc3)cc2)o1. The lowest BCUT2D eigenvalue weighted by molar-refractivity contribution is -0.118. The molecule has 0 radical (unpaired) electrons. The molecule has 1 aromatic heterocycles. The van der Waals surface area contributed by atoms with E-state index in [4.69, 9.17) is 9.15 Å². The maximum atomic E-state index is 12.8. The monoisotopic (exact) mass is 327 g/mol. The van der Waals surface area contributed by atoms with Crippen LogP contribution in [0.3, 0.4) is 0 Å². The van der Waals surface area contributed by atoms with E-state index in [1.807, 2.05) is 0 Å². The molecule has 1 N–H and O–H groups in total. The number of carbonyl (C=O) groups is 1. The number of nitrogens with zero attached hydrogens (tertiary/aromatic N) is 2. The highest BCUT2D eigenvalue weighted by molar-refractivity contribution is 5.91. The van der Waals surface area contributed by atoms with E-state index in [-0.39, 0.29) is 18.3 Å². The molecule has 3 aromatic rings. The molecule has 3 rings (SSSR count). The molecule has 0 atom stereocenters. The van der Waals surface area contributed by atoms with E-state index in [1.165, 1.54) is 24.3 Å². The second-order valence-corrected chi connectivity index (χ2v) is 4.99. The largest absolute Gasteiger partial charge is 0.484 e. The number of halogens is 1. The maximum Gasteiger partial charge on any atom is 0.262 e. The van der Waals surface area contributed by atoms with Crippen molar-refractivity contribution in [1.29, 1.82) is 0 Å².